The minimum absolute atomic E-state index is 0.584. The van der Waals surface area contributed by atoms with Gasteiger partial charge in [0.05, 0.1) is 0 Å². The molecule has 1 saturated heterocycles. The Bertz CT molecular complexity index is 549. The SMILES string of the molecule is Cc1nc2cc(N3CCCC3CCN)ccc2o1. The summed E-state index contributed by atoms with van der Waals surface area (Å²) in [5, 5.41) is 0. The number of hydrogen-bond donors (Lipinski definition) is 1. The zero-order valence-electron chi connectivity index (χ0n) is 10.7. The van der Waals surface area contributed by atoms with Gasteiger partial charge in [0, 0.05) is 25.2 Å². The van der Waals surface area contributed by atoms with Gasteiger partial charge >= 0.3 is 0 Å². The minimum atomic E-state index is 0.584. The largest absolute Gasteiger partial charge is 0.441 e. The average molecular weight is 245 g/mol. The summed E-state index contributed by atoms with van der Waals surface area (Å²) in [5.41, 5.74) is 8.74. The van der Waals surface area contributed by atoms with Gasteiger partial charge in [0.15, 0.2) is 11.5 Å². The number of aromatic nitrogens is 1. The zero-order valence-corrected chi connectivity index (χ0v) is 10.7. The van der Waals surface area contributed by atoms with Crippen LogP contribution in [-0.2, 0) is 0 Å². The summed E-state index contributed by atoms with van der Waals surface area (Å²) >= 11 is 0. The van der Waals surface area contributed by atoms with Crippen molar-refractivity contribution in [3.63, 3.8) is 0 Å². The molecule has 0 spiro atoms. The Morgan fingerprint density at radius 3 is 3.22 bits per heavy atom. The molecule has 1 aliphatic heterocycles. The Morgan fingerprint density at radius 2 is 2.39 bits per heavy atom. The van der Waals surface area contributed by atoms with Gasteiger partial charge in [-0.1, -0.05) is 0 Å². The molecule has 1 aromatic heterocycles. The predicted molar refractivity (Wildman–Crippen MR) is 72.8 cm³/mol. The highest BCUT2D eigenvalue weighted by atomic mass is 16.3. The van der Waals surface area contributed by atoms with Crippen LogP contribution in [0.15, 0.2) is 22.6 Å². The van der Waals surface area contributed by atoms with Crippen LogP contribution in [0.1, 0.15) is 25.2 Å². The molecule has 18 heavy (non-hydrogen) atoms. The van der Waals surface area contributed by atoms with Crippen LogP contribution in [-0.4, -0.2) is 24.1 Å². The first-order valence-corrected chi connectivity index (χ1v) is 6.62. The van der Waals surface area contributed by atoms with Crippen LogP contribution in [0, 0.1) is 6.92 Å². The Hall–Kier alpha value is -1.55. The standard InChI is InChI=1S/C14H19N3O/c1-10-16-13-9-12(4-5-14(13)18-10)17-8-2-3-11(17)6-7-15/h4-5,9,11H,2-3,6-8,15H2,1H3. The van der Waals surface area contributed by atoms with E-state index in [0.717, 1.165) is 36.5 Å². The van der Waals surface area contributed by atoms with Gasteiger partial charge in [-0.25, -0.2) is 4.98 Å². The fourth-order valence-corrected chi connectivity index (χ4v) is 2.88. The Kier molecular flexibility index (Phi) is 2.96. The maximum atomic E-state index is 5.69. The molecule has 2 N–H and O–H groups in total. The first kappa shape index (κ1) is 11.5. The number of fused-ring (bicyclic) bond motifs is 1. The summed E-state index contributed by atoms with van der Waals surface area (Å²) in [4.78, 5) is 6.85. The molecule has 96 valence electrons. The number of rotatable bonds is 3. The van der Waals surface area contributed by atoms with Crippen LogP contribution in [0.3, 0.4) is 0 Å². The van der Waals surface area contributed by atoms with Crippen molar-refractivity contribution in [2.45, 2.75) is 32.2 Å². The highest BCUT2D eigenvalue weighted by Gasteiger charge is 2.24. The molecule has 2 heterocycles. The fraction of sp³-hybridized carbons (Fsp3) is 0.500. The third-order valence-electron chi connectivity index (χ3n) is 3.69. The smallest absolute Gasteiger partial charge is 0.192 e. The van der Waals surface area contributed by atoms with E-state index in [4.69, 9.17) is 10.2 Å². The second-order valence-electron chi connectivity index (χ2n) is 4.95. The van der Waals surface area contributed by atoms with Gasteiger partial charge in [0.2, 0.25) is 0 Å². The van der Waals surface area contributed by atoms with E-state index >= 15 is 0 Å². The van der Waals surface area contributed by atoms with Crippen molar-refractivity contribution < 1.29 is 4.42 Å². The number of aryl methyl sites for hydroxylation is 1. The maximum absolute atomic E-state index is 5.69. The molecular formula is C14H19N3O. The van der Waals surface area contributed by atoms with Gasteiger partial charge in [-0.15, -0.1) is 0 Å². The van der Waals surface area contributed by atoms with Gasteiger partial charge in [-0.2, -0.15) is 0 Å². The molecule has 0 aliphatic carbocycles. The Morgan fingerprint density at radius 1 is 1.50 bits per heavy atom. The number of oxazole rings is 1. The molecule has 3 rings (SSSR count). The van der Waals surface area contributed by atoms with Crippen LogP contribution in [0.2, 0.25) is 0 Å². The minimum Gasteiger partial charge on any atom is -0.441 e. The summed E-state index contributed by atoms with van der Waals surface area (Å²) in [6.07, 6.45) is 3.56. The molecule has 2 aromatic rings. The maximum Gasteiger partial charge on any atom is 0.192 e. The first-order chi connectivity index (χ1) is 8.78. The Labute approximate surface area is 107 Å². The van der Waals surface area contributed by atoms with Crippen molar-refractivity contribution >= 4 is 16.8 Å². The lowest BCUT2D eigenvalue weighted by atomic mass is 10.1. The molecule has 0 radical (unpaired) electrons. The summed E-state index contributed by atoms with van der Waals surface area (Å²) in [6.45, 7) is 3.76. The average Bonchev–Trinajstić information content (AvgIpc) is 2.93. The van der Waals surface area contributed by atoms with E-state index in [0.29, 0.717) is 6.04 Å². The molecule has 0 bridgehead atoms. The van der Waals surface area contributed by atoms with E-state index < -0.39 is 0 Å². The van der Waals surface area contributed by atoms with Crippen molar-refractivity contribution in [2.75, 3.05) is 18.0 Å². The molecule has 1 aliphatic rings. The summed E-state index contributed by atoms with van der Waals surface area (Å²) in [5.74, 6) is 0.724. The first-order valence-electron chi connectivity index (χ1n) is 6.62. The third-order valence-corrected chi connectivity index (χ3v) is 3.69. The molecule has 4 nitrogen and oxygen atoms in total. The topological polar surface area (TPSA) is 55.3 Å². The molecule has 1 atom stereocenters. The van der Waals surface area contributed by atoms with Crippen LogP contribution < -0.4 is 10.6 Å². The highest BCUT2D eigenvalue weighted by molar-refractivity contribution is 5.77. The van der Waals surface area contributed by atoms with E-state index in [1.54, 1.807) is 0 Å². The Balaban J connectivity index is 1.93. The second kappa shape index (κ2) is 4.61. The summed E-state index contributed by atoms with van der Waals surface area (Å²) < 4.78 is 5.51. The van der Waals surface area contributed by atoms with Crippen molar-refractivity contribution in [3.8, 4) is 0 Å². The van der Waals surface area contributed by atoms with Crippen molar-refractivity contribution in [1.82, 2.24) is 4.98 Å². The van der Waals surface area contributed by atoms with Crippen molar-refractivity contribution in [1.29, 1.82) is 0 Å². The number of nitrogens with zero attached hydrogens (tertiary/aromatic N) is 2. The van der Waals surface area contributed by atoms with Gasteiger partial charge in [-0.05, 0) is 44.0 Å². The lowest BCUT2D eigenvalue weighted by molar-refractivity contribution is 0.561. The second-order valence-corrected chi connectivity index (χ2v) is 4.95. The molecule has 1 fully saturated rings. The monoisotopic (exact) mass is 245 g/mol. The summed E-state index contributed by atoms with van der Waals surface area (Å²) in [7, 11) is 0. The van der Waals surface area contributed by atoms with Crippen molar-refractivity contribution in [3.05, 3.63) is 24.1 Å². The molecule has 4 heteroatoms. The molecule has 0 saturated carbocycles. The molecule has 0 amide bonds. The van der Waals surface area contributed by atoms with E-state index in [9.17, 15) is 0 Å². The quantitative estimate of drug-likeness (QED) is 0.902. The zero-order chi connectivity index (χ0) is 12.5. The fourth-order valence-electron chi connectivity index (χ4n) is 2.88. The number of benzene rings is 1. The van der Waals surface area contributed by atoms with E-state index in [1.165, 1.54) is 18.5 Å². The predicted octanol–water partition coefficient (Wildman–Crippen LogP) is 2.45. The van der Waals surface area contributed by atoms with E-state index in [1.807, 2.05) is 13.0 Å². The molecule has 1 unspecified atom stereocenters. The normalized spacial score (nSPS) is 19.9. The summed E-state index contributed by atoms with van der Waals surface area (Å²) in [6, 6.07) is 6.85. The highest BCUT2D eigenvalue weighted by Crippen LogP contribution is 2.29. The third kappa shape index (κ3) is 1.97. The lowest BCUT2D eigenvalue weighted by Gasteiger charge is -2.26. The van der Waals surface area contributed by atoms with Crippen LogP contribution in [0.4, 0.5) is 5.69 Å². The van der Waals surface area contributed by atoms with E-state index in [-0.39, 0.29) is 0 Å². The van der Waals surface area contributed by atoms with Crippen LogP contribution in [0.25, 0.3) is 11.1 Å². The molecular weight excluding hydrogens is 226 g/mol. The number of anilines is 1. The van der Waals surface area contributed by atoms with Gasteiger partial charge in [0.1, 0.15) is 5.52 Å². The molecule has 1 aromatic carbocycles. The van der Waals surface area contributed by atoms with Crippen LogP contribution >= 0.6 is 0 Å². The van der Waals surface area contributed by atoms with E-state index in [2.05, 4.69) is 22.0 Å². The van der Waals surface area contributed by atoms with Crippen molar-refractivity contribution in [2.24, 2.45) is 5.73 Å². The van der Waals surface area contributed by atoms with Gasteiger partial charge in [-0.3, -0.25) is 0 Å². The van der Waals surface area contributed by atoms with Crippen LogP contribution in [0.5, 0.6) is 0 Å². The number of hydrogen-bond acceptors (Lipinski definition) is 4. The van der Waals surface area contributed by atoms with Gasteiger partial charge < -0.3 is 15.1 Å². The lowest BCUT2D eigenvalue weighted by Crippen LogP contribution is -2.30. The van der Waals surface area contributed by atoms with Gasteiger partial charge in [0.25, 0.3) is 0 Å². The number of nitrogens with two attached hydrogens (primary N) is 1.